The highest BCUT2D eigenvalue weighted by Crippen LogP contribution is 2.25. The number of hydrogen-bond donors (Lipinski definition) is 2. The zero-order valence-electron chi connectivity index (χ0n) is 14.2. The number of fused-ring (bicyclic) bond motifs is 1. The minimum atomic E-state index is -0.902. The Hall–Kier alpha value is -3.09. The van der Waals surface area contributed by atoms with Crippen LogP contribution in [0.15, 0.2) is 47.1 Å². The molecule has 1 unspecified atom stereocenters. The van der Waals surface area contributed by atoms with E-state index in [0.29, 0.717) is 19.4 Å². The molecule has 1 atom stereocenters. The van der Waals surface area contributed by atoms with Crippen LogP contribution in [-0.4, -0.2) is 40.4 Å². The molecule has 0 fully saturated rings. The topological polar surface area (TPSA) is 99.9 Å². The standard InChI is InChI=1S/C19H20N2O5/c22-17(23)8-3-9-20-18(24)15-11-13-5-1-2-6-14(13)12-21(15)19(25)16-7-4-10-26-16/h1-2,4-7,10,15H,3,8-9,11-12H2,(H,20,24)(H,22,23). The van der Waals surface area contributed by atoms with Gasteiger partial charge in [0.15, 0.2) is 5.76 Å². The van der Waals surface area contributed by atoms with Crippen LogP contribution in [0.25, 0.3) is 0 Å². The monoisotopic (exact) mass is 356 g/mol. The summed E-state index contributed by atoms with van der Waals surface area (Å²) >= 11 is 0. The molecular weight excluding hydrogens is 336 g/mol. The molecule has 1 aliphatic heterocycles. The van der Waals surface area contributed by atoms with Gasteiger partial charge in [-0.2, -0.15) is 0 Å². The number of carbonyl (C=O) groups excluding carboxylic acids is 2. The van der Waals surface area contributed by atoms with Gasteiger partial charge in [-0.15, -0.1) is 0 Å². The van der Waals surface area contributed by atoms with Crippen LogP contribution in [0.4, 0.5) is 0 Å². The maximum atomic E-state index is 12.8. The Labute approximate surface area is 150 Å². The predicted molar refractivity (Wildman–Crippen MR) is 92.4 cm³/mol. The highest BCUT2D eigenvalue weighted by molar-refractivity contribution is 5.96. The molecule has 0 aliphatic carbocycles. The summed E-state index contributed by atoms with van der Waals surface area (Å²) in [6.07, 6.45) is 2.17. The van der Waals surface area contributed by atoms with Crippen LogP contribution in [0.2, 0.25) is 0 Å². The average Bonchev–Trinajstić information content (AvgIpc) is 3.18. The second kappa shape index (κ2) is 7.86. The van der Waals surface area contributed by atoms with Gasteiger partial charge < -0.3 is 19.7 Å². The zero-order valence-corrected chi connectivity index (χ0v) is 14.2. The van der Waals surface area contributed by atoms with E-state index in [1.165, 1.54) is 11.2 Å². The van der Waals surface area contributed by atoms with Crippen LogP contribution in [0.1, 0.15) is 34.5 Å². The van der Waals surface area contributed by atoms with Crippen molar-refractivity contribution in [2.24, 2.45) is 0 Å². The first-order valence-corrected chi connectivity index (χ1v) is 8.47. The SMILES string of the molecule is O=C(O)CCCNC(=O)C1Cc2ccccc2CN1C(=O)c1ccco1. The fourth-order valence-electron chi connectivity index (χ4n) is 3.08. The lowest BCUT2D eigenvalue weighted by molar-refractivity contribution is -0.137. The largest absolute Gasteiger partial charge is 0.481 e. The molecule has 0 saturated heterocycles. The maximum absolute atomic E-state index is 12.8. The van der Waals surface area contributed by atoms with Crippen molar-refractivity contribution in [3.8, 4) is 0 Å². The van der Waals surface area contributed by atoms with E-state index in [-0.39, 0.29) is 30.5 Å². The summed E-state index contributed by atoms with van der Waals surface area (Å²) in [7, 11) is 0. The van der Waals surface area contributed by atoms with Crippen molar-refractivity contribution in [2.45, 2.75) is 31.8 Å². The van der Waals surface area contributed by atoms with E-state index in [1.807, 2.05) is 24.3 Å². The number of benzene rings is 1. The fourth-order valence-corrected chi connectivity index (χ4v) is 3.08. The molecule has 2 amide bonds. The summed E-state index contributed by atoms with van der Waals surface area (Å²) in [5.41, 5.74) is 2.03. The number of amides is 2. The molecule has 7 nitrogen and oxygen atoms in total. The Balaban J connectivity index is 1.76. The van der Waals surface area contributed by atoms with Gasteiger partial charge in [-0.25, -0.2) is 0 Å². The van der Waals surface area contributed by atoms with E-state index in [9.17, 15) is 14.4 Å². The molecule has 136 valence electrons. The molecular formula is C19H20N2O5. The molecule has 0 radical (unpaired) electrons. The highest BCUT2D eigenvalue weighted by atomic mass is 16.4. The number of rotatable bonds is 6. The smallest absolute Gasteiger partial charge is 0.303 e. The number of aliphatic carboxylic acids is 1. The predicted octanol–water partition coefficient (Wildman–Crippen LogP) is 1.83. The second-order valence-electron chi connectivity index (χ2n) is 6.19. The van der Waals surface area contributed by atoms with Gasteiger partial charge in [0.2, 0.25) is 5.91 Å². The van der Waals surface area contributed by atoms with Crippen LogP contribution in [0.5, 0.6) is 0 Å². The van der Waals surface area contributed by atoms with Gasteiger partial charge in [-0.1, -0.05) is 24.3 Å². The summed E-state index contributed by atoms with van der Waals surface area (Å²) in [5.74, 6) is -1.34. The number of carbonyl (C=O) groups is 3. The molecule has 1 aromatic heterocycles. The molecule has 7 heteroatoms. The van der Waals surface area contributed by atoms with E-state index in [2.05, 4.69) is 5.32 Å². The van der Waals surface area contributed by atoms with Gasteiger partial charge in [0.25, 0.3) is 5.91 Å². The van der Waals surface area contributed by atoms with Gasteiger partial charge in [0.1, 0.15) is 6.04 Å². The summed E-state index contributed by atoms with van der Waals surface area (Å²) in [5, 5.41) is 11.4. The first-order chi connectivity index (χ1) is 12.6. The van der Waals surface area contributed by atoms with Crippen molar-refractivity contribution < 1.29 is 23.9 Å². The van der Waals surface area contributed by atoms with Crippen molar-refractivity contribution >= 4 is 17.8 Å². The first kappa shape index (κ1) is 17.7. The molecule has 1 aliphatic rings. The van der Waals surface area contributed by atoms with Crippen LogP contribution >= 0.6 is 0 Å². The number of nitrogens with zero attached hydrogens (tertiary/aromatic N) is 1. The number of carboxylic acids is 1. The number of carboxylic acid groups (broad SMARTS) is 1. The van der Waals surface area contributed by atoms with E-state index in [4.69, 9.17) is 9.52 Å². The summed E-state index contributed by atoms with van der Waals surface area (Å²) in [6.45, 7) is 0.578. The van der Waals surface area contributed by atoms with Gasteiger partial charge >= 0.3 is 5.97 Å². The van der Waals surface area contributed by atoms with Gasteiger partial charge in [-0.05, 0) is 29.7 Å². The fraction of sp³-hybridized carbons (Fsp3) is 0.316. The molecule has 3 rings (SSSR count). The third kappa shape index (κ3) is 3.93. The van der Waals surface area contributed by atoms with E-state index >= 15 is 0 Å². The van der Waals surface area contributed by atoms with Crippen LogP contribution in [0, 0.1) is 0 Å². The first-order valence-electron chi connectivity index (χ1n) is 8.47. The quantitative estimate of drug-likeness (QED) is 0.769. The van der Waals surface area contributed by atoms with E-state index < -0.39 is 12.0 Å². The van der Waals surface area contributed by atoms with Gasteiger partial charge in [0, 0.05) is 25.9 Å². The van der Waals surface area contributed by atoms with Gasteiger partial charge in [0.05, 0.1) is 6.26 Å². The van der Waals surface area contributed by atoms with Crippen molar-refractivity contribution in [3.63, 3.8) is 0 Å². The summed E-state index contributed by atoms with van der Waals surface area (Å²) < 4.78 is 5.20. The number of furan rings is 1. The average molecular weight is 356 g/mol. The number of hydrogen-bond acceptors (Lipinski definition) is 4. The third-order valence-corrected chi connectivity index (χ3v) is 4.41. The summed E-state index contributed by atoms with van der Waals surface area (Å²) in [6, 6.07) is 10.3. The maximum Gasteiger partial charge on any atom is 0.303 e. The Kier molecular flexibility index (Phi) is 5.36. The second-order valence-corrected chi connectivity index (χ2v) is 6.19. The van der Waals surface area contributed by atoms with Gasteiger partial charge in [-0.3, -0.25) is 14.4 Å². The molecule has 1 aromatic carbocycles. The van der Waals surface area contributed by atoms with Crippen LogP contribution in [-0.2, 0) is 22.6 Å². The van der Waals surface area contributed by atoms with Crippen LogP contribution < -0.4 is 5.32 Å². The van der Waals surface area contributed by atoms with Crippen molar-refractivity contribution in [2.75, 3.05) is 6.54 Å². The van der Waals surface area contributed by atoms with Crippen molar-refractivity contribution in [1.29, 1.82) is 0 Å². The molecule has 0 saturated carbocycles. The molecule has 2 aromatic rings. The van der Waals surface area contributed by atoms with Crippen LogP contribution in [0.3, 0.4) is 0 Å². The Morgan fingerprint density at radius 1 is 1.15 bits per heavy atom. The van der Waals surface area contributed by atoms with Crippen molar-refractivity contribution in [1.82, 2.24) is 10.2 Å². The molecule has 0 bridgehead atoms. The Bertz CT molecular complexity index is 800. The molecule has 2 heterocycles. The van der Waals surface area contributed by atoms with Crippen molar-refractivity contribution in [3.05, 3.63) is 59.5 Å². The Morgan fingerprint density at radius 3 is 2.62 bits per heavy atom. The lowest BCUT2D eigenvalue weighted by Gasteiger charge is -2.35. The Morgan fingerprint density at radius 2 is 1.92 bits per heavy atom. The minimum Gasteiger partial charge on any atom is -0.481 e. The summed E-state index contributed by atoms with van der Waals surface area (Å²) in [4.78, 5) is 37.5. The van der Waals surface area contributed by atoms with E-state index in [0.717, 1.165) is 11.1 Å². The lowest BCUT2D eigenvalue weighted by atomic mass is 9.93. The number of nitrogens with one attached hydrogen (secondary N) is 1. The molecule has 26 heavy (non-hydrogen) atoms. The molecule has 2 N–H and O–H groups in total. The molecule has 0 spiro atoms. The van der Waals surface area contributed by atoms with E-state index in [1.54, 1.807) is 12.1 Å². The normalized spacial score (nSPS) is 16.0. The minimum absolute atomic E-state index is 0.0111. The third-order valence-electron chi connectivity index (χ3n) is 4.41. The highest BCUT2D eigenvalue weighted by Gasteiger charge is 2.35. The zero-order chi connectivity index (χ0) is 18.5. The lowest BCUT2D eigenvalue weighted by Crippen LogP contribution is -2.52.